The van der Waals surface area contributed by atoms with Crippen molar-refractivity contribution in [2.75, 3.05) is 0 Å². The molecule has 0 aliphatic heterocycles. The predicted octanol–water partition coefficient (Wildman–Crippen LogP) is 4.11. The van der Waals surface area contributed by atoms with E-state index < -0.39 is 10.0 Å². The summed E-state index contributed by atoms with van der Waals surface area (Å²) in [7, 11) is -3.75. The van der Waals surface area contributed by atoms with Crippen LogP contribution in [0.5, 0.6) is 0 Å². The van der Waals surface area contributed by atoms with E-state index in [1.807, 2.05) is 0 Å². The van der Waals surface area contributed by atoms with Gasteiger partial charge in [-0.15, -0.1) is 0 Å². The molecule has 1 unspecified atom stereocenters. The van der Waals surface area contributed by atoms with Crippen LogP contribution in [0.2, 0.25) is 10.0 Å². The van der Waals surface area contributed by atoms with Gasteiger partial charge in [-0.1, -0.05) is 35.3 Å². The predicted molar refractivity (Wildman–Crippen MR) is 115 cm³/mol. The lowest BCUT2D eigenvalue weighted by Crippen LogP contribution is -2.26. The normalized spacial score (nSPS) is 12.5. The standard InChI is InChI=1S/C20H19Cl2N3O4S/c1-12(13-2-5-15(6-3-13)30(23,27)28)25-19(26)8-9-20-24-11-18(29-20)16-7-4-14(21)10-17(16)22/h2-7,10-12H,8-9H2,1H3,(H,25,26)(H2,23,27,28). The highest BCUT2D eigenvalue weighted by molar-refractivity contribution is 7.89. The van der Waals surface area contributed by atoms with Gasteiger partial charge in [0, 0.05) is 23.4 Å². The quantitative estimate of drug-likeness (QED) is 0.542. The van der Waals surface area contributed by atoms with Crippen molar-refractivity contribution >= 4 is 39.1 Å². The van der Waals surface area contributed by atoms with Gasteiger partial charge in [0.2, 0.25) is 15.9 Å². The zero-order valence-electron chi connectivity index (χ0n) is 15.9. The molecule has 0 saturated carbocycles. The molecule has 30 heavy (non-hydrogen) atoms. The number of hydrogen-bond acceptors (Lipinski definition) is 5. The number of aromatic nitrogens is 1. The Kier molecular flexibility index (Phi) is 6.82. The van der Waals surface area contributed by atoms with E-state index >= 15 is 0 Å². The summed E-state index contributed by atoms with van der Waals surface area (Å²) < 4.78 is 28.3. The number of nitrogens with two attached hydrogens (primary N) is 1. The Bertz CT molecular complexity index is 1160. The highest BCUT2D eigenvalue weighted by Crippen LogP contribution is 2.30. The number of nitrogens with zero attached hydrogens (tertiary/aromatic N) is 1. The van der Waals surface area contributed by atoms with Crippen molar-refractivity contribution in [2.24, 2.45) is 5.14 Å². The lowest BCUT2D eigenvalue weighted by molar-refractivity contribution is -0.121. The summed E-state index contributed by atoms with van der Waals surface area (Å²) in [5, 5.41) is 8.91. The SMILES string of the molecule is CC(NC(=O)CCc1ncc(-c2ccc(Cl)cc2Cl)o1)c1ccc(S(N)(=O)=O)cc1. The summed E-state index contributed by atoms with van der Waals surface area (Å²) >= 11 is 12.1. The van der Waals surface area contributed by atoms with E-state index in [-0.39, 0.29) is 23.3 Å². The lowest BCUT2D eigenvalue weighted by atomic mass is 10.1. The zero-order chi connectivity index (χ0) is 21.9. The van der Waals surface area contributed by atoms with Gasteiger partial charge in [-0.25, -0.2) is 18.5 Å². The van der Waals surface area contributed by atoms with Gasteiger partial charge >= 0.3 is 0 Å². The molecule has 158 valence electrons. The topological polar surface area (TPSA) is 115 Å². The molecule has 0 saturated heterocycles. The second-order valence-electron chi connectivity index (χ2n) is 6.65. The van der Waals surface area contributed by atoms with Crippen LogP contribution in [0.3, 0.4) is 0 Å². The fourth-order valence-electron chi connectivity index (χ4n) is 2.80. The summed E-state index contributed by atoms with van der Waals surface area (Å²) in [6.45, 7) is 1.80. The third-order valence-corrected chi connectivity index (χ3v) is 5.88. The molecule has 2 aromatic carbocycles. The average molecular weight is 468 g/mol. The van der Waals surface area contributed by atoms with Gasteiger partial charge in [0.05, 0.1) is 22.2 Å². The minimum atomic E-state index is -3.75. The molecule has 0 bridgehead atoms. The zero-order valence-corrected chi connectivity index (χ0v) is 18.3. The molecule has 1 aromatic heterocycles. The van der Waals surface area contributed by atoms with Crippen LogP contribution in [0.4, 0.5) is 0 Å². The van der Waals surface area contributed by atoms with Gasteiger partial charge in [0.25, 0.3) is 0 Å². The van der Waals surface area contributed by atoms with Gasteiger partial charge in [0.15, 0.2) is 11.7 Å². The molecule has 10 heteroatoms. The second kappa shape index (κ2) is 9.18. The van der Waals surface area contributed by atoms with Gasteiger partial charge in [-0.3, -0.25) is 4.79 Å². The molecule has 0 fully saturated rings. The highest BCUT2D eigenvalue weighted by Gasteiger charge is 2.14. The Morgan fingerprint density at radius 1 is 1.20 bits per heavy atom. The molecule has 1 atom stereocenters. The summed E-state index contributed by atoms with van der Waals surface area (Å²) in [5.41, 5.74) is 1.42. The van der Waals surface area contributed by atoms with E-state index in [0.29, 0.717) is 33.7 Å². The van der Waals surface area contributed by atoms with E-state index in [1.165, 1.54) is 12.1 Å². The smallest absolute Gasteiger partial charge is 0.238 e. The van der Waals surface area contributed by atoms with Crippen LogP contribution in [-0.4, -0.2) is 19.3 Å². The number of carbonyl (C=O) groups excluding carboxylic acids is 1. The molecule has 0 aliphatic carbocycles. The van der Waals surface area contributed by atoms with Crippen LogP contribution in [0, 0.1) is 0 Å². The molecule has 1 heterocycles. The number of nitrogens with one attached hydrogen (secondary N) is 1. The molecule has 3 aromatic rings. The van der Waals surface area contributed by atoms with E-state index in [2.05, 4.69) is 10.3 Å². The van der Waals surface area contributed by atoms with Gasteiger partial charge in [0.1, 0.15) is 0 Å². The molecule has 1 amide bonds. The summed E-state index contributed by atoms with van der Waals surface area (Å²) in [6, 6.07) is 10.8. The molecule has 0 radical (unpaired) electrons. The van der Waals surface area contributed by atoms with Crippen molar-refractivity contribution in [3.05, 3.63) is 70.2 Å². The number of rotatable bonds is 7. The number of sulfonamides is 1. The summed E-state index contributed by atoms with van der Waals surface area (Å²) in [5.74, 6) is 0.717. The van der Waals surface area contributed by atoms with E-state index in [9.17, 15) is 13.2 Å². The fourth-order valence-corrected chi connectivity index (χ4v) is 3.82. The highest BCUT2D eigenvalue weighted by atomic mass is 35.5. The number of oxazole rings is 1. The van der Waals surface area contributed by atoms with Crippen LogP contribution in [-0.2, 0) is 21.2 Å². The van der Waals surface area contributed by atoms with Crippen molar-refractivity contribution in [2.45, 2.75) is 30.7 Å². The van der Waals surface area contributed by atoms with Crippen molar-refractivity contribution in [3.63, 3.8) is 0 Å². The number of aryl methyl sites for hydroxylation is 1. The molecular weight excluding hydrogens is 449 g/mol. The minimum absolute atomic E-state index is 0.0188. The molecular formula is C20H19Cl2N3O4S. The Morgan fingerprint density at radius 3 is 2.53 bits per heavy atom. The van der Waals surface area contributed by atoms with Crippen LogP contribution in [0.1, 0.15) is 30.8 Å². The molecule has 7 nitrogen and oxygen atoms in total. The Hall–Kier alpha value is -2.39. The third kappa shape index (κ3) is 5.60. The Morgan fingerprint density at radius 2 is 1.90 bits per heavy atom. The maximum Gasteiger partial charge on any atom is 0.238 e. The Balaban J connectivity index is 1.56. The number of amides is 1. The van der Waals surface area contributed by atoms with Crippen LogP contribution < -0.4 is 10.5 Å². The van der Waals surface area contributed by atoms with Crippen molar-refractivity contribution in [3.8, 4) is 11.3 Å². The number of benzene rings is 2. The lowest BCUT2D eigenvalue weighted by Gasteiger charge is -2.14. The van der Waals surface area contributed by atoms with E-state index in [0.717, 1.165) is 5.56 Å². The first-order chi connectivity index (χ1) is 14.1. The van der Waals surface area contributed by atoms with Gasteiger partial charge in [-0.2, -0.15) is 0 Å². The largest absolute Gasteiger partial charge is 0.441 e. The van der Waals surface area contributed by atoms with Crippen LogP contribution in [0.15, 0.2) is 58.0 Å². The summed E-state index contributed by atoms with van der Waals surface area (Å²) in [4.78, 5) is 16.5. The minimum Gasteiger partial charge on any atom is -0.441 e. The van der Waals surface area contributed by atoms with E-state index in [1.54, 1.807) is 43.5 Å². The van der Waals surface area contributed by atoms with E-state index in [4.69, 9.17) is 32.8 Å². The van der Waals surface area contributed by atoms with Crippen LogP contribution >= 0.6 is 23.2 Å². The monoisotopic (exact) mass is 467 g/mol. The molecule has 3 N–H and O–H groups in total. The van der Waals surface area contributed by atoms with Gasteiger partial charge < -0.3 is 9.73 Å². The van der Waals surface area contributed by atoms with Gasteiger partial charge in [-0.05, 0) is 42.8 Å². The maximum absolute atomic E-state index is 12.3. The number of primary sulfonamides is 1. The second-order valence-corrected chi connectivity index (χ2v) is 9.05. The van der Waals surface area contributed by atoms with Crippen molar-refractivity contribution < 1.29 is 17.6 Å². The number of halogens is 2. The number of carbonyl (C=O) groups is 1. The van der Waals surface area contributed by atoms with Crippen molar-refractivity contribution in [1.29, 1.82) is 0 Å². The first kappa shape index (κ1) is 22.3. The average Bonchev–Trinajstić information content (AvgIpc) is 3.14. The molecule has 0 spiro atoms. The molecule has 0 aliphatic rings. The number of hydrogen-bond donors (Lipinski definition) is 2. The summed E-state index contributed by atoms with van der Waals surface area (Å²) in [6.07, 6.45) is 2.04. The third-order valence-electron chi connectivity index (χ3n) is 4.40. The fraction of sp³-hybridized carbons (Fsp3) is 0.200. The van der Waals surface area contributed by atoms with Crippen molar-refractivity contribution in [1.82, 2.24) is 10.3 Å². The Labute approximate surface area is 184 Å². The first-order valence-electron chi connectivity index (χ1n) is 8.96. The maximum atomic E-state index is 12.3. The first-order valence-corrected chi connectivity index (χ1v) is 11.3. The molecule has 3 rings (SSSR count). The van der Waals surface area contributed by atoms with Crippen LogP contribution in [0.25, 0.3) is 11.3 Å².